The maximum atomic E-state index is 14.8. The third-order valence-corrected chi connectivity index (χ3v) is 6.28. The molecule has 144 valence electrons. The number of ether oxygens (including phenoxy) is 1. The van der Waals surface area contributed by atoms with Gasteiger partial charge in [-0.25, -0.2) is 9.18 Å². The zero-order chi connectivity index (χ0) is 19.6. The Hall–Kier alpha value is -2.47. The number of benzene rings is 1. The van der Waals surface area contributed by atoms with E-state index in [4.69, 9.17) is 4.74 Å². The van der Waals surface area contributed by atoms with Crippen molar-refractivity contribution in [1.29, 1.82) is 5.26 Å². The van der Waals surface area contributed by atoms with Gasteiger partial charge in [0, 0.05) is 34.8 Å². The van der Waals surface area contributed by atoms with Crippen molar-refractivity contribution < 1.29 is 22.9 Å². The molecule has 1 atom stereocenters. The first kappa shape index (κ1) is 19.3. The van der Waals surface area contributed by atoms with Gasteiger partial charge in [-0.15, -0.1) is 0 Å². The molecule has 7 nitrogen and oxygen atoms in total. The minimum absolute atomic E-state index is 0.187. The fourth-order valence-corrected chi connectivity index (χ4v) is 4.76. The molecule has 0 aliphatic carbocycles. The summed E-state index contributed by atoms with van der Waals surface area (Å²) in [5.74, 6) is -0.0502. The van der Waals surface area contributed by atoms with Crippen LogP contribution in [0.2, 0.25) is 0 Å². The molecule has 1 aromatic carbocycles. The molecule has 2 amide bonds. The van der Waals surface area contributed by atoms with E-state index in [1.807, 2.05) is 0 Å². The Labute approximate surface area is 158 Å². The Morgan fingerprint density at radius 3 is 2.78 bits per heavy atom. The van der Waals surface area contributed by atoms with Gasteiger partial charge in [0.2, 0.25) is 5.91 Å². The van der Waals surface area contributed by atoms with E-state index in [0.29, 0.717) is 30.0 Å². The standard InChI is InChI=1S/C18H20FN3O4S/c1-12(23)21-9-14-10-22(17(24)26-14)13-2-3-15(16(19)8-13)18(11-20)4-6-27(25)7-5-18/h2-3,8,14H,4-7,9-10H2,1H3,(H,21,23)/t14-,18?,27?/m0/s1. The van der Waals surface area contributed by atoms with Gasteiger partial charge in [0.05, 0.1) is 30.3 Å². The van der Waals surface area contributed by atoms with E-state index in [9.17, 15) is 23.5 Å². The largest absolute Gasteiger partial charge is 0.442 e. The molecule has 3 rings (SSSR count). The number of rotatable bonds is 4. The smallest absolute Gasteiger partial charge is 0.414 e. The van der Waals surface area contributed by atoms with Crippen LogP contribution in [0.25, 0.3) is 0 Å². The van der Waals surface area contributed by atoms with Crippen LogP contribution >= 0.6 is 0 Å². The zero-order valence-electron chi connectivity index (χ0n) is 14.9. The van der Waals surface area contributed by atoms with Crippen LogP contribution in [0.5, 0.6) is 0 Å². The second kappa shape index (κ2) is 7.64. The summed E-state index contributed by atoms with van der Waals surface area (Å²) in [6.45, 7) is 1.75. The predicted octanol–water partition coefficient (Wildman–Crippen LogP) is 1.59. The van der Waals surface area contributed by atoms with Gasteiger partial charge in [0.1, 0.15) is 11.9 Å². The first-order chi connectivity index (χ1) is 12.8. The number of nitrogens with zero attached hydrogens (tertiary/aromatic N) is 2. The fraction of sp³-hybridized carbons (Fsp3) is 0.500. The summed E-state index contributed by atoms with van der Waals surface area (Å²) in [6, 6.07) is 6.54. The highest BCUT2D eigenvalue weighted by Gasteiger charge is 2.39. The van der Waals surface area contributed by atoms with E-state index in [-0.39, 0.29) is 24.6 Å². The minimum Gasteiger partial charge on any atom is -0.442 e. The summed E-state index contributed by atoms with van der Waals surface area (Å²) in [5, 5.41) is 12.2. The Balaban J connectivity index is 1.79. The van der Waals surface area contributed by atoms with E-state index < -0.39 is 34.2 Å². The van der Waals surface area contributed by atoms with Crippen molar-refractivity contribution in [1.82, 2.24) is 5.32 Å². The average Bonchev–Trinajstić information content (AvgIpc) is 3.02. The molecule has 9 heteroatoms. The number of nitriles is 1. The topological polar surface area (TPSA) is 99.5 Å². The zero-order valence-corrected chi connectivity index (χ0v) is 15.7. The SMILES string of the molecule is CC(=O)NC[C@H]1CN(c2ccc(C3(C#N)CCS(=O)CC3)c(F)c2)C(=O)O1. The van der Waals surface area contributed by atoms with Gasteiger partial charge in [-0.05, 0) is 25.0 Å². The highest BCUT2D eigenvalue weighted by atomic mass is 32.2. The molecule has 2 heterocycles. The molecule has 0 saturated carbocycles. The molecule has 0 spiro atoms. The van der Waals surface area contributed by atoms with E-state index in [1.165, 1.54) is 24.0 Å². The number of cyclic esters (lactones) is 1. The number of carbonyl (C=O) groups excluding carboxylic acids is 2. The molecule has 2 aliphatic heterocycles. The van der Waals surface area contributed by atoms with E-state index >= 15 is 0 Å². The number of nitrogens with one attached hydrogen (secondary N) is 1. The second-order valence-corrected chi connectivity index (χ2v) is 8.46. The average molecular weight is 393 g/mol. The van der Waals surface area contributed by atoms with Crippen LogP contribution in [-0.4, -0.2) is 46.9 Å². The van der Waals surface area contributed by atoms with Crippen molar-refractivity contribution in [3.8, 4) is 6.07 Å². The van der Waals surface area contributed by atoms with Gasteiger partial charge < -0.3 is 10.1 Å². The summed E-state index contributed by atoms with van der Waals surface area (Å²) in [5.41, 5.74) is -0.387. The van der Waals surface area contributed by atoms with E-state index in [2.05, 4.69) is 11.4 Å². The second-order valence-electron chi connectivity index (χ2n) is 6.76. The van der Waals surface area contributed by atoms with Crippen LogP contribution in [0.4, 0.5) is 14.9 Å². The van der Waals surface area contributed by atoms with Crippen molar-refractivity contribution in [2.75, 3.05) is 29.5 Å². The van der Waals surface area contributed by atoms with Crippen molar-refractivity contribution in [2.24, 2.45) is 0 Å². The van der Waals surface area contributed by atoms with Crippen LogP contribution in [0, 0.1) is 17.1 Å². The highest BCUT2D eigenvalue weighted by Crippen LogP contribution is 2.38. The van der Waals surface area contributed by atoms with Gasteiger partial charge in [-0.1, -0.05) is 6.07 Å². The molecule has 2 fully saturated rings. The van der Waals surface area contributed by atoms with Crippen LogP contribution in [0.1, 0.15) is 25.3 Å². The molecule has 2 saturated heterocycles. The van der Waals surface area contributed by atoms with Gasteiger partial charge in [-0.3, -0.25) is 13.9 Å². The van der Waals surface area contributed by atoms with Crippen molar-refractivity contribution in [2.45, 2.75) is 31.3 Å². The fourth-order valence-electron chi connectivity index (χ4n) is 3.40. The Kier molecular flexibility index (Phi) is 5.46. The maximum Gasteiger partial charge on any atom is 0.414 e. The summed E-state index contributed by atoms with van der Waals surface area (Å²) >= 11 is 0. The summed E-state index contributed by atoms with van der Waals surface area (Å²) in [6.07, 6.45) is -0.433. The van der Waals surface area contributed by atoms with Crippen LogP contribution < -0.4 is 10.2 Å². The number of hydrogen-bond donors (Lipinski definition) is 1. The Morgan fingerprint density at radius 1 is 1.48 bits per heavy atom. The van der Waals surface area contributed by atoms with Crippen LogP contribution in [-0.2, 0) is 25.7 Å². The van der Waals surface area contributed by atoms with Gasteiger partial charge in [-0.2, -0.15) is 5.26 Å². The lowest BCUT2D eigenvalue weighted by Crippen LogP contribution is -2.35. The number of hydrogen-bond acceptors (Lipinski definition) is 5. The Bertz CT molecular complexity index is 828. The molecule has 0 bridgehead atoms. The first-order valence-corrected chi connectivity index (χ1v) is 10.1. The predicted molar refractivity (Wildman–Crippen MR) is 97.1 cm³/mol. The molecular formula is C18H20FN3O4S. The number of carbonyl (C=O) groups is 2. The molecule has 27 heavy (non-hydrogen) atoms. The molecular weight excluding hydrogens is 373 g/mol. The van der Waals surface area contributed by atoms with Crippen molar-refractivity contribution in [3.05, 3.63) is 29.6 Å². The molecule has 0 unspecified atom stereocenters. The molecule has 2 aliphatic rings. The molecule has 1 N–H and O–H groups in total. The van der Waals surface area contributed by atoms with Crippen LogP contribution in [0.3, 0.4) is 0 Å². The van der Waals surface area contributed by atoms with Gasteiger partial charge >= 0.3 is 6.09 Å². The number of halogens is 1. The van der Waals surface area contributed by atoms with E-state index in [0.717, 1.165) is 0 Å². The van der Waals surface area contributed by atoms with Crippen LogP contribution in [0.15, 0.2) is 18.2 Å². The highest BCUT2D eigenvalue weighted by molar-refractivity contribution is 7.85. The molecule has 1 aromatic rings. The third kappa shape index (κ3) is 3.95. The molecule has 0 radical (unpaired) electrons. The lowest BCUT2D eigenvalue weighted by atomic mass is 9.76. The van der Waals surface area contributed by atoms with E-state index in [1.54, 1.807) is 6.07 Å². The Morgan fingerprint density at radius 2 is 2.19 bits per heavy atom. The normalized spacial score (nSPS) is 27.7. The third-order valence-electron chi connectivity index (χ3n) is 4.96. The first-order valence-electron chi connectivity index (χ1n) is 8.63. The summed E-state index contributed by atoms with van der Waals surface area (Å²) < 4.78 is 31.6. The monoisotopic (exact) mass is 393 g/mol. The molecule has 0 aromatic heterocycles. The minimum atomic E-state index is -0.990. The summed E-state index contributed by atoms with van der Waals surface area (Å²) in [4.78, 5) is 24.4. The number of amides is 2. The van der Waals surface area contributed by atoms with Crippen molar-refractivity contribution in [3.63, 3.8) is 0 Å². The van der Waals surface area contributed by atoms with Gasteiger partial charge in [0.15, 0.2) is 0 Å². The summed E-state index contributed by atoms with van der Waals surface area (Å²) in [7, 11) is -0.962. The quantitative estimate of drug-likeness (QED) is 0.837. The lowest BCUT2D eigenvalue weighted by molar-refractivity contribution is -0.119. The maximum absolute atomic E-state index is 14.8. The van der Waals surface area contributed by atoms with Crippen molar-refractivity contribution >= 4 is 28.5 Å². The van der Waals surface area contributed by atoms with Gasteiger partial charge in [0.25, 0.3) is 0 Å². The lowest BCUT2D eigenvalue weighted by Gasteiger charge is -2.31. The number of anilines is 1.